The molecule has 0 saturated carbocycles. The number of carbonyl (C=O) groups excluding carboxylic acids is 1. The first-order chi connectivity index (χ1) is 10.3. The van der Waals surface area contributed by atoms with Crippen LogP contribution in [0.4, 0.5) is 5.82 Å². The maximum absolute atomic E-state index is 11.9. The molecule has 1 aromatic carbocycles. The van der Waals surface area contributed by atoms with Crippen molar-refractivity contribution in [3.63, 3.8) is 0 Å². The molecule has 2 N–H and O–H groups in total. The average molecular weight is 280 g/mol. The van der Waals surface area contributed by atoms with E-state index in [1.807, 2.05) is 30.3 Å². The molecule has 1 amide bonds. The molecule has 0 fully saturated rings. The fraction of sp³-hybridized carbons (Fsp3) is 0.176. The van der Waals surface area contributed by atoms with Crippen molar-refractivity contribution < 1.29 is 9.90 Å². The molecule has 0 bridgehead atoms. The number of aryl methyl sites for hydroxylation is 1. The Morgan fingerprint density at radius 2 is 1.95 bits per heavy atom. The molecule has 0 atom stereocenters. The summed E-state index contributed by atoms with van der Waals surface area (Å²) in [6.45, 7) is -0.213. The van der Waals surface area contributed by atoms with Crippen LogP contribution in [0.5, 0.6) is 0 Å². The van der Waals surface area contributed by atoms with Gasteiger partial charge < -0.3 is 10.4 Å². The molecule has 0 spiro atoms. The van der Waals surface area contributed by atoms with Crippen LogP contribution >= 0.6 is 0 Å². The van der Waals surface area contributed by atoms with Crippen LogP contribution in [0.3, 0.4) is 0 Å². The molecule has 0 unspecified atom stereocenters. The quantitative estimate of drug-likeness (QED) is 0.842. The Morgan fingerprint density at radius 3 is 2.71 bits per heavy atom. The molecule has 21 heavy (non-hydrogen) atoms. The minimum absolute atomic E-state index is 0.0846. The highest BCUT2D eigenvalue weighted by Crippen LogP contribution is 2.07. The van der Waals surface area contributed by atoms with E-state index >= 15 is 0 Å². The molecule has 0 saturated heterocycles. The van der Waals surface area contributed by atoms with E-state index in [4.69, 9.17) is 5.11 Å². The van der Waals surface area contributed by atoms with Gasteiger partial charge in [0.1, 0.15) is 18.1 Å². The monoisotopic (exact) mass is 280 g/mol. The summed E-state index contributed by atoms with van der Waals surface area (Å²) in [5.74, 6) is 5.61. The molecule has 4 nitrogen and oxygen atoms in total. The summed E-state index contributed by atoms with van der Waals surface area (Å²) in [4.78, 5) is 16.1. The number of aliphatic hydroxyl groups excluding tert-OH is 1. The van der Waals surface area contributed by atoms with Gasteiger partial charge >= 0.3 is 0 Å². The largest absolute Gasteiger partial charge is 0.384 e. The number of benzene rings is 1. The lowest BCUT2D eigenvalue weighted by Gasteiger charge is -2.05. The normalized spacial score (nSPS) is 9.57. The van der Waals surface area contributed by atoms with Gasteiger partial charge in [-0.15, -0.1) is 0 Å². The molecule has 2 rings (SSSR count). The maximum Gasteiger partial charge on any atom is 0.225 e. The van der Waals surface area contributed by atoms with Crippen molar-refractivity contribution in [2.45, 2.75) is 12.8 Å². The fourth-order valence-electron chi connectivity index (χ4n) is 1.81. The van der Waals surface area contributed by atoms with Crippen LogP contribution in [0, 0.1) is 11.8 Å². The van der Waals surface area contributed by atoms with Crippen LogP contribution in [0.25, 0.3) is 0 Å². The third-order valence-electron chi connectivity index (χ3n) is 2.80. The molecule has 1 aromatic heterocycles. The van der Waals surface area contributed by atoms with Crippen LogP contribution in [-0.2, 0) is 11.2 Å². The highest BCUT2D eigenvalue weighted by molar-refractivity contribution is 5.89. The highest BCUT2D eigenvalue weighted by atomic mass is 16.2. The maximum atomic E-state index is 11.9. The predicted molar refractivity (Wildman–Crippen MR) is 81.6 cm³/mol. The second-order valence-corrected chi connectivity index (χ2v) is 4.40. The number of hydrogen-bond acceptors (Lipinski definition) is 3. The molecule has 0 aliphatic rings. The summed E-state index contributed by atoms with van der Waals surface area (Å²) in [5.41, 5.74) is 1.65. The van der Waals surface area contributed by atoms with Gasteiger partial charge in [-0.1, -0.05) is 42.3 Å². The van der Waals surface area contributed by atoms with Crippen LogP contribution in [0.1, 0.15) is 17.7 Å². The molecule has 0 aliphatic heterocycles. The lowest BCUT2D eigenvalue weighted by Crippen LogP contribution is -2.13. The number of carbonyl (C=O) groups is 1. The van der Waals surface area contributed by atoms with Crippen molar-refractivity contribution in [1.29, 1.82) is 0 Å². The molecule has 4 heteroatoms. The molecule has 0 aliphatic carbocycles. The predicted octanol–water partition coefficient (Wildman–Crippen LogP) is 2.00. The third-order valence-corrected chi connectivity index (χ3v) is 2.80. The van der Waals surface area contributed by atoms with E-state index in [0.717, 1.165) is 5.56 Å². The smallest absolute Gasteiger partial charge is 0.225 e. The Morgan fingerprint density at radius 1 is 1.14 bits per heavy atom. The summed E-state index contributed by atoms with van der Waals surface area (Å²) < 4.78 is 0. The van der Waals surface area contributed by atoms with Gasteiger partial charge in [0.2, 0.25) is 5.91 Å². The van der Waals surface area contributed by atoms with Gasteiger partial charge in [0.15, 0.2) is 0 Å². The van der Waals surface area contributed by atoms with E-state index in [2.05, 4.69) is 22.1 Å². The van der Waals surface area contributed by atoms with E-state index in [1.165, 1.54) is 0 Å². The first kappa shape index (κ1) is 14.8. The minimum Gasteiger partial charge on any atom is -0.384 e. The second-order valence-electron chi connectivity index (χ2n) is 4.40. The summed E-state index contributed by atoms with van der Waals surface area (Å²) in [7, 11) is 0. The van der Waals surface area contributed by atoms with Crippen molar-refractivity contribution in [2.24, 2.45) is 0 Å². The lowest BCUT2D eigenvalue weighted by molar-refractivity contribution is -0.116. The zero-order valence-corrected chi connectivity index (χ0v) is 11.5. The molecule has 0 radical (unpaired) electrons. The van der Waals surface area contributed by atoms with E-state index in [-0.39, 0.29) is 12.5 Å². The van der Waals surface area contributed by atoms with Gasteiger partial charge in [-0.2, -0.15) is 0 Å². The first-order valence-electron chi connectivity index (χ1n) is 6.68. The van der Waals surface area contributed by atoms with Gasteiger partial charge in [0.25, 0.3) is 0 Å². The highest BCUT2D eigenvalue weighted by Gasteiger charge is 2.04. The first-order valence-corrected chi connectivity index (χ1v) is 6.68. The van der Waals surface area contributed by atoms with Gasteiger partial charge in [-0.05, 0) is 30.0 Å². The van der Waals surface area contributed by atoms with Crippen LogP contribution in [0.2, 0.25) is 0 Å². The lowest BCUT2D eigenvalue weighted by atomic mass is 10.1. The Bertz CT molecular complexity index is 657. The van der Waals surface area contributed by atoms with Crippen molar-refractivity contribution in [3.05, 3.63) is 59.8 Å². The number of aromatic nitrogens is 1. The summed E-state index contributed by atoms with van der Waals surface area (Å²) in [5, 5.41) is 11.4. The van der Waals surface area contributed by atoms with Crippen molar-refractivity contribution in [1.82, 2.24) is 4.98 Å². The number of aliphatic hydroxyl groups is 1. The molecule has 1 heterocycles. The summed E-state index contributed by atoms with van der Waals surface area (Å²) in [6.07, 6.45) is 1.09. The fourth-order valence-corrected chi connectivity index (χ4v) is 1.81. The standard InChI is InChI=1S/C17H16N2O2/c20-13-5-9-15-8-4-10-16(18-15)19-17(21)12-11-14-6-2-1-3-7-14/h1-4,6-8,10,20H,11-13H2,(H,18,19,21). The number of amides is 1. The van der Waals surface area contributed by atoms with E-state index in [9.17, 15) is 4.79 Å². The van der Waals surface area contributed by atoms with Crippen LogP contribution in [-0.4, -0.2) is 22.6 Å². The number of rotatable bonds is 4. The number of pyridine rings is 1. The third kappa shape index (κ3) is 5.09. The van der Waals surface area contributed by atoms with Gasteiger partial charge in [0.05, 0.1) is 0 Å². The van der Waals surface area contributed by atoms with Crippen molar-refractivity contribution in [3.8, 4) is 11.8 Å². The number of hydrogen-bond donors (Lipinski definition) is 2. The molecular weight excluding hydrogens is 264 g/mol. The number of anilines is 1. The second kappa shape index (κ2) is 7.83. The topological polar surface area (TPSA) is 62.2 Å². The van der Waals surface area contributed by atoms with Gasteiger partial charge in [0, 0.05) is 6.42 Å². The molecular formula is C17H16N2O2. The summed E-state index contributed by atoms with van der Waals surface area (Å²) in [6, 6.07) is 15.1. The van der Waals surface area contributed by atoms with Crippen LogP contribution < -0.4 is 5.32 Å². The zero-order valence-electron chi connectivity index (χ0n) is 11.5. The SMILES string of the molecule is O=C(CCc1ccccc1)Nc1cccc(C#CCO)n1. The molecule has 106 valence electrons. The average Bonchev–Trinajstić information content (AvgIpc) is 2.52. The van der Waals surface area contributed by atoms with E-state index in [0.29, 0.717) is 24.4 Å². The van der Waals surface area contributed by atoms with E-state index in [1.54, 1.807) is 18.2 Å². The zero-order chi connectivity index (χ0) is 14.9. The number of nitrogens with zero attached hydrogens (tertiary/aromatic N) is 1. The van der Waals surface area contributed by atoms with Crippen LogP contribution in [0.15, 0.2) is 48.5 Å². The van der Waals surface area contributed by atoms with Crippen molar-refractivity contribution >= 4 is 11.7 Å². The van der Waals surface area contributed by atoms with Crippen molar-refractivity contribution in [2.75, 3.05) is 11.9 Å². The Labute approximate surface area is 123 Å². The number of nitrogens with one attached hydrogen (secondary N) is 1. The molecule has 2 aromatic rings. The van der Waals surface area contributed by atoms with Gasteiger partial charge in [-0.25, -0.2) is 4.98 Å². The Kier molecular flexibility index (Phi) is 5.50. The Hall–Kier alpha value is -2.64. The summed E-state index contributed by atoms with van der Waals surface area (Å²) >= 11 is 0. The van der Waals surface area contributed by atoms with E-state index < -0.39 is 0 Å². The Balaban J connectivity index is 1.90. The minimum atomic E-state index is -0.213. The van der Waals surface area contributed by atoms with Gasteiger partial charge in [-0.3, -0.25) is 4.79 Å².